The molecule has 1 aromatic rings. The number of hydrogen-bond donors (Lipinski definition) is 4. The fraction of sp³-hybridized carbons (Fsp3) is 0.421. The fourth-order valence-electron chi connectivity index (χ4n) is 2.96. The third-order valence-electron chi connectivity index (χ3n) is 4.31. The number of hydrazine groups is 1. The predicted octanol–water partition coefficient (Wildman–Crippen LogP) is 1.90. The Morgan fingerprint density at radius 1 is 1.25 bits per heavy atom. The van der Waals surface area contributed by atoms with E-state index in [0.29, 0.717) is 6.42 Å². The highest BCUT2D eigenvalue weighted by atomic mass is 32.2. The second-order valence-corrected chi connectivity index (χ2v) is 7.78. The molecule has 0 aliphatic carbocycles. The van der Waals surface area contributed by atoms with Crippen molar-refractivity contribution in [2.24, 2.45) is 17.8 Å². The summed E-state index contributed by atoms with van der Waals surface area (Å²) in [4.78, 5) is 36.9. The lowest BCUT2D eigenvalue weighted by atomic mass is 9.82. The maximum atomic E-state index is 12.8. The Labute approximate surface area is 168 Å². The van der Waals surface area contributed by atoms with Crippen molar-refractivity contribution in [2.75, 3.05) is 6.54 Å². The van der Waals surface area contributed by atoms with Crippen LogP contribution in [0.1, 0.15) is 32.3 Å². The van der Waals surface area contributed by atoms with Crippen LogP contribution in [0.3, 0.4) is 0 Å². The summed E-state index contributed by atoms with van der Waals surface area (Å²) < 4.78 is 3.90. The Bertz CT molecular complexity index is 711. The number of hydrogen-bond acceptors (Lipinski definition) is 6. The lowest BCUT2D eigenvalue weighted by molar-refractivity contribution is -0.143. The summed E-state index contributed by atoms with van der Waals surface area (Å²) in [6.07, 6.45) is 4.38. The van der Waals surface area contributed by atoms with Crippen LogP contribution in [-0.2, 0) is 14.4 Å². The van der Waals surface area contributed by atoms with Crippen molar-refractivity contribution < 1.29 is 19.6 Å². The summed E-state index contributed by atoms with van der Waals surface area (Å²) in [5.41, 5.74) is 5.21. The average molecular weight is 407 g/mol. The highest BCUT2D eigenvalue weighted by Gasteiger charge is 2.35. The van der Waals surface area contributed by atoms with E-state index in [2.05, 4.69) is 10.1 Å². The Kier molecular flexibility index (Phi) is 8.49. The number of carbonyl (C=O) groups is 3. The van der Waals surface area contributed by atoms with Gasteiger partial charge in [0.25, 0.3) is 5.91 Å². The van der Waals surface area contributed by atoms with E-state index in [1.807, 2.05) is 56.3 Å². The number of hydroxylamine groups is 1. The van der Waals surface area contributed by atoms with Crippen molar-refractivity contribution in [3.05, 3.63) is 42.0 Å². The normalized spacial score (nSPS) is 16.4. The van der Waals surface area contributed by atoms with Crippen LogP contribution in [0.2, 0.25) is 0 Å². The molecule has 9 heteroatoms. The standard InChI is InChI=1S/C19H26N4O4S/c1-13(2)11-16(18(25)21-23-17(24)12-20-28-23)15(19(26)22-27)10-6-9-14-7-4-3-5-8-14/h3-9,13,15-16,20,27H,10-12H2,1-2H3,(H,21,25)(H,22,26)/b9-6+/t15?,16-/m1/s1. The summed E-state index contributed by atoms with van der Waals surface area (Å²) in [6, 6.07) is 9.59. The molecule has 1 aliphatic heterocycles. The van der Waals surface area contributed by atoms with Gasteiger partial charge < -0.3 is 0 Å². The quantitative estimate of drug-likeness (QED) is 0.283. The van der Waals surface area contributed by atoms with Gasteiger partial charge in [0.15, 0.2) is 0 Å². The Morgan fingerprint density at radius 3 is 2.54 bits per heavy atom. The van der Waals surface area contributed by atoms with Crippen LogP contribution in [0.15, 0.2) is 36.4 Å². The summed E-state index contributed by atoms with van der Waals surface area (Å²) in [7, 11) is 0. The van der Waals surface area contributed by atoms with Gasteiger partial charge in [-0.15, -0.1) is 0 Å². The molecule has 0 aromatic heterocycles. The third kappa shape index (κ3) is 6.36. The number of carbonyl (C=O) groups excluding carboxylic acids is 3. The molecule has 2 rings (SSSR count). The molecule has 152 valence electrons. The second-order valence-electron chi connectivity index (χ2n) is 6.94. The van der Waals surface area contributed by atoms with E-state index in [-0.39, 0.29) is 24.8 Å². The van der Waals surface area contributed by atoms with E-state index in [4.69, 9.17) is 0 Å². The number of amides is 3. The number of allylic oxidation sites excluding steroid dienone is 1. The van der Waals surface area contributed by atoms with Gasteiger partial charge in [-0.25, -0.2) is 10.2 Å². The van der Waals surface area contributed by atoms with Crippen molar-refractivity contribution in [3.8, 4) is 0 Å². The first kappa shape index (κ1) is 21.9. The molecule has 0 spiro atoms. The molecule has 1 unspecified atom stereocenters. The van der Waals surface area contributed by atoms with E-state index < -0.39 is 23.7 Å². The molecule has 1 fully saturated rings. The zero-order chi connectivity index (χ0) is 20.5. The van der Waals surface area contributed by atoms with E-state index in [1.54, 1.807) is 5.48 Å². The first-order valence-corrected chi connectivity index (χ1v) is 9.88. The van der Waals surface area contributed by atoms with Crippen molar-refractivity contribution in [2.45, 2.75) is 26.7 Å². The summed E-state index contributed by atoms with van der Waals surface area (Å²) >= 11 is 0.994. The Balaban J connectivity index is 2.15. The minimum atomic E-state index is -0.775. The molecular formula is C19H26N4O4S. The zero-order valence-electron chi connectivity index (χ0n) is 15.9. The van der Waals surface area contributed by atoms with Gasteiger partial charge >= 0.3 is 0 Å². The maximum absolute atomic E-state index is 12.8. The number of nitrogens with zero attached hydrogens (tertiary/aromatic N) is 1. The van der Waals surface area contributed by atoms with Gasteiger partial charge in [-0.2, -0.15) is 4.41 Å². The van der Waals surface area contributed by atoms with Gasteiger partial charge in [0, 0.05) is 0 Å². The van der Waals surface area contributed by atoms with Gasteiger partial charge in [0.2, 0.25) is 11.8 Å². The largest absolute Gasteiger partial charge is 0.289 e. The molecule has 4 N–H and O–H groups in total. The molecular weight excluding hydrogens is 380 g/mol. The van der Waals surface area contributed by atoms with Crippen LogP contribution in [0, 0.1) is 17.8 Å². The first-order chi connectivity index (χ1) is 13.4. The highest BCUT2D eigenvalue weighted by Crippen LogP contribution is 2.26. The van der Waals surface area contributed by atoms with E-state index in [1.165, 1.54) is 0 Å². The van der Waals surface area contributed by atoms with Gasteiger partial charge in [-0.05, 0) is 24.3 Å². The summed E-state index contributed by atoms with van der Waals surface area (Å²) in [5, 5.41) is 9.18. The van der Waals surface area contributed by atoms with Crippen molar-refractivity contribution >= 4 is 35.9 Å². The van der Waals surface area contributed by atoms with Crippen molar-refractivity contribution in [3.63, 3.8) is 0 Å². The zero-order valence-corrected chi connectivity index (χ0v) is 16.7. The van der Waals surface area contributed by atoms with Gasteiger partial charge in [0.1, 0.15) is 0 Å². The lowest BCUT2D eigenvalue weighted by Crippen LogP contribution is -2.47. The molecule has 1 aliphatic rings. The van der Waals surface area contributed by atoms with Gasteiger partial charge in [-0.1, -0.05) is 56.3 Å². The lowest BCUT2D eigenvalue weighted by Gasteiger charge is -2.27. The van der Waals surface area contributed by atoms with Crippen LogP contribution in [0.25, 0.3) is 6.08 Å². The number of benzene rings is 1. The van der Waals surface area contributed by atoms with E-state index in [0.717, 1.165) is 22.1 Å². The van der Waals surface area contributed by atoms with E-state index >= 15 is 0 Å². The first-order valence-electron chi connectivity index (χ1n) is 9.11. The highest BCUT2D eigenvalue weighted by molar-refractivity contribution is 7.96. The topological polar surface area (TPSA) is 111 Å². The average Bonchev–Trinajstić information content (AvgIpc) is 3.08. The molecule has 3 amide bonds. The number of rotatable bonds is 9. The van der Waals surface area contributed by atoms with Crippen molar-refractivity contribution in [1.82, 2.24) is 20.0 Å². The smallest absolute Gasteiger partial charge is 0.267 e. The van der Waals surface area contributed by atoms with Crippen molar-refractivity contribution in [1.29, 1.82) is 0 Å². The number of nitrogens with one attached hydrogen (secondary N) is 3. The third-order valence-corrected chi connectivity index (χ3v) is 5.06. The molecule has 28 heavy (non-hydrogen) atoms. The van der Waals surface area contributed by atoms with Crippen LogP contribution < -0.4 is 15.6 Å². The Hall–Kier alpha value is -2.36. The van der Waals surface area contributed by atoms with Gasteiger partial charge in [0.05, 0.1) is 30.5 Å². The van der Waals surface area contributed by atoms with Crippen LogP contribution in [0.4, 0.5) is 0 Å². The van der Waals surface area contributed by atoms with Gasteiger partial charge in [-0.3, -0.25) is 25.0 Å². The second kappa shape index (κ2) is 10.8. The molecule has 1 saturated heterocycles. The van der Waals surface area contributed by atoms with Crippen LogP contribution in [-0.4, -0.2) is 33.9 Å². The molecule has 0 radical (unpaired) electrons. The molecule has 2 atom stereocenters. The molecule has 1 heterocycles. The summed E-state index contributed by atoms with van der Waals surface area (Å²) in [5.74, 6) is -2.67. The maximum Gasteiger partial charge on any atom is 0.267 e. The monoisotopic (exact) mass is 406 g/mol. The Morgan fingerprint density at radius 2 is 1.96 bits per heavy atom. The minimum Gasteiger partial charge on any atom is -0.289 e. The minimum absolute atomic E-state index is 0.125. The van der Waals surface area contributed by atoms with E-state index in [9.17, 15) is 19.6 Å². The van der Waals surface area contributed by atoms with Crippen LogP contribution >= 0.6 is 12.1 Å². The molecule has 1 aromatic carbocycles. The van der Waals surface area contributed by atoms with Crippen LogP contribution in [0.5, 0.6) is 0 Å². The summed E-state index contributed by atoms with van der Waals surface area (Å²) in [6.45, 7) is 4.02. The SMILES string of the molecule is CC(C)C[C@@H](C(=O)NN1SNCC1=O)C(C/C=C/c1ccccc1)C(=O)NO. The fourth-order valence-corrected chi connectivity index (χ4v) is 3.58. The molecule has 8 nitrogen and oxygen atoms in total. The molecule has 0 saturated carbocycles. The predicted molar refractivity (Wildman–Crippen MR) is 107 cm³/mol. The molecule has 0 bridgehead atoms.